The summed E-state index contributed by atoms with van der Waals surface area (Å²) in [6.45, 7) is 1.39. The van der Waals surface area contributed by atoms with E-state index in [1.54, 1.807) is 0 Å². The SMILES string of the molecule is [Br][Zr]([O]Cc1ccccc1)([O]Cc1ccccc1)[O]Cc1ccccc1. The molecule has 0 aliphatic heterocycles. The molecule has 0 aliphatic rings. The zero-order valence-electron chi connectivity index (χ0n) is 14.4. The molecule has 3 nitrogen and oxygen atoms in total. The molecule has 0 N–H and O–H groups in total. The molecule has 0 bridgehead atoms. The standard InChI is InChI=1S/3C7H7O.BrH.Zr/c3*8-6-7-4-2-1-3-5-7;;/h3*1-5H,6H2;1H;/q3*-1;;+4/p-1. The molecule has 3 aromatic carbocycles. The van der Waals surface area contributed by atoms with Gasteiger partial charge in [0, 0.05) is 0 Å². The summed E-state index contributed by atoms with van der Waals surface area (Å²) in [6.07, 6.45) is 0. The summed E-state index contributed by atoms with van der Waals surface area (Å²) in [6, 6.07) is 30.2. The van der Waals surface area contributed by atoms with E-state index in [0.29, 0.717) is 19.8 Å². The van der Waals surface area contributed by atoms with E-state index >= 15 is 0 Å². The number of benzene rings is 3. The monoisotopic (exact) mass is 490 g/mol. The second kappa shape index (κ2) is 10.3. The van der Waals surface area contributed by atoms with Crippen molar-refractivity contribution >= 4 is 12.2 Å². The van der Waals surface area contributed by atoms with E-state index in [-0.39, 0.29) is 0 Å². The average Bonchev–Trinajstić information content (AvgIpc) is 2.72. The zero-order chi connectivity index (χ0) is 18.1. The molecule has 3 aromatic rings. The summed E-state index contributed by atoms with van der Waals surface area (Å²) in [5, 5.41) is 0. The van der Waals surface area contributed by atoms with Crippen molar-refractivity contribution in [2.24, 2.45) is 0 Å². The van der Waals surface area contributed by atoms with E-state index < -0.39 is 19.2 Å². The summed E-state index contributed by atoms with van der Waals surface area (Å²) in [4.78, 5) is 0. The minimum atomic E-state index is -3.84. The maximum atomic E-state index is 6.14. The third-order valence-electron chi connectivity index (χ3n) is 3.76. The molecule has 3 rings (SSSR count). The van der Waals surface area contributed by atoms with Crippen LogP contribution in [0, 0.1) is 0 Å². The van der Waals surface area contributed by atoms with Crippen LogP contribution in [0.4, 0.5) is 0 Å². The van der Waals surface area contributed by atoms with Gasteiger partial charge in [0.1, 0.15) is 0 Å². The van der Waals surface area contributed by atoms with Crippen molar-refractivity contribution in [1.29, 1.82) is 0 Å². The van der Waals surface area contributed by atoms with Gasteiger partial charge in [-0.05, 0) is 0 Å². The van der Waals surface area contributed by atoms with Crippen LogP contribution >= 0.6 is 12.2 Å². The molecule has 0 amide bonds. The first-order valence-electron chi connectivity index (χ1n) is 8.46. The molecule has 0 saturated carbocycles. The molecule has 26 heavy (non-hydrogen) atoms. The molecule has 0 spiro atoms. The molecular formula is C21H21BrO3Zr. The van der Waals surface area contributed by atoms with E-state index in [9.17, 15) is 0 Å². The first-order valence-corrected chi connectivity index (χ1v) is 17.1. The van der Waals surface area contributed by atoms with Crippen molar-refractivity contribution in [2.45, 2.75) is 19.8 Å². The molecule has 0 aliphatic carbocycles. The van der Waals surface area contributed by atoms with Gasteiger partial charge in [0.2, 0.25) is 0 Å². The van der Waals surface area contributed by atoms with Crippen LogP contribution in [0.25, 0.3) is 0 Å². The van der Waals surface area contributed by atoms with Crippen molar-refractivity contribution in [3.63, 3.8) is 0 Å². The van der Waals surface area contributed by atoms with Crippen LogP contribution in [-0.2, 0) is 47.5 Å². The normalized spacial score (nSPS) is 11.4. The average molecular weight is 493 g/mol. The van der Waals surface area contributed by atoms with E-state index in [1.807, 2.05) is 91.0 Å². The van der Waals surface area contributed by atoms with E-state index in [0.717, 1.165) is 16.7 Å². The second-order valence-electron chi connectivity index (χ2n) is 5.80. The fourth-order valence-electron chi connectivity index (χ4n) is 2.36. The number of hydrogen-bond donors (Lipinski definition) is 0. The second-order valence-corrected chi connectivity index (χ2v) is 16.0. The van der Waals surface area contributed by atoms with E-state index in [4.69, 9.17) is 8.44 Å². The van der Waals surface area contributed by atoms with Gasteiger partial charge in [-0.3, -0.25) is 0 Å². The zero-order valence-corrected chi connectivity index (χ0v) is 18.4. The van der Waals surface area contributed by atoms with Crippen LogP contribution < -0.4 is 0 Å². The first kappa shape index (κ1) is 19.7. The Kier molecular flexibility index (Phi) is 7.78. The molecule has 0 saturated heterocycles. The Morgan fingerprint density at radius 3 is 1.04 bits per heavy atom. The third kappa shape index (κ3) is 6.57. The molecule has 5 heteroatoms. The fraction of sp³-hybridized carbons (Fsp3) is 0.143. The van der Waals surface area contributed by atoms with Gasteiger partial charge in [-0.15, -0.1) is 0 Å². The van der Waals surface area contributed by atoms with Gasteiger partial charge in [0.05, 0.1) is 0 Å². The molecular weight excluding hydrogens is 471 g/mol. The van der Waals surface area contributed by atoms with Gasteiger partial charge in [-0.2, -0.15) is 0 Å². The molecule has 0 atom stereocenters. The Labute approximate surface area is 166 Å². The van der Waals surface area contributed by atoms with Gasteiger partial charge in [-0.25, -0.2) is 0 Å². The Balaban J connectivity index is 1.64. The summed E-state index contributed by atoms with van der Waals surface area (Å²) in [7, 11) is 0. The number of rotatable bonds is 9. The van der Waals surface area contributed by atoms with Crippen LogP contribution in [0.15, 0.2) is 91.0 Å². The molecule has 134 valence electrons. The van der Waals surface area contributed by atoms with Gasteiger partial charge in [0.25, 0.3) is 0 Å². The summed E-state index contributed by atoms with van der Waals surface area (Å²) >= 11 is -0.134. The summed E-state index contributed by atoms with van der Waals surface area (Å²) in [5.41, 5.74) is 3.29. The van der Waals surface area contributed by atoms with Gasteiger partial charge in [0.15, 0.2) is 0 Å². The summed E-state index contributed by atoms with van der Waals surface area (Å²) in [5.74, 6) is 0. The van der Waals surface area contributed by atoms with Crippen molar-refractivity contribution in [2.75, 3.05) is 0 Å². The van der Waals surface area contributed by atoms with Crippen LogP contribution in [0.2, 0.25) is 0 Å². The van der Waals surface area contributed by atoms with Crippen molar-refractivity contribution in [3.05, 3.63) is 108 Å². The van der Waals surface area contributed by atoms with Gasteiger partial charge in [-0.1, -0.05) is 0 Å². The third-order valence-corrected chi connectivity index (χ3v) is 11.4. The van der Waals surface area contributed by atoms with Crippen LogP contribution in [0.3, 0.4) is 0 Å². The fourth-order valence-corrected chi connectivity index (χ4v) is 7.50. The minimum absolute atomic E-state index is 0.464. The topological polar surface area (TPSA) is 27.7 Å². The molecule has 0 radical (unpaired) electrons. The predicted octanol–water partition coefficient (Wildman–Crippen LogP) is 5.85. The Morgan fingerprint density at radius 1 is 0.500 bits per heavy atom. The maximum absolute atomic E-state index is 6.14. The molecule has 0 unspecified atom stereocenters. The van der Waals surface area contributed by atoms with E-state index in [2.05, 4.69) is 12.2 Å². The Hall–Kier alpha value is -1.10. The molecule has 0 heterocycles. The van der Waals surface area contributed by atoms with Crippen LogP contribution in [0.5, 0.6) is 0 Å². The van der Waals surface area contributed by atoms with Crippen molar-refractivity contribution in [1.82, 2.24) is 0 Å². The number of hydrogen-bond acceptors (Lipinski definition) is 3. The quantitative estimate of drug-likeness (QED) is 0.375. The van der Waals surface area contributed by atoms with Crippen molar-refractivity contribution < 1.29 is 27.7 Å². The molecule has 0 fully saturated rings. The Bertz CT molecular complexity index is 663. The first-order chi connectivity index (χ1) is 12.7. The molecule has 0 aromatic heterocycles. The van der Waals surface area contributed by atoms with Gasteiger partial charge < -0.3 is 0 Å². The predicted molar refractivity (Wildman–Crippen MR) is 103 cm³/mol. The number of halogens is 1. The van der Waals surface area contributed by atoms with Crippen LogP contribution in [0.1, 0.15) is 16.7 Å². The van der Waals surface area contributed by atoms with Crippen LogP contribution in [-0.4, -0.2) is 0 Å². The summed E-state index contributed by atoms with van der Waals surface area (Å²) < 4.78 is 18.4. The Morgan fingerprint density at radius 2 is 0.769 bits per heavy atom. The van der Waals surface area contributed by atoms with Crippen molar-refractivity contribution in [3.8, 4) is 0 Å². The van der Waals surface area contributed by atoms with Gasteiger partial charge >= 0.3 is 167 Å². The van der Waals surface area contributed by atoms with E-state index in [1.165, 1.54) is 0 Å².